The molecule has 0 amide bonds. The fraction of sp³-hybridized carbons (Fsp3) is 0.571. The van der Waals surface area contributed by atoms with Crippen LogP contribution in [0.15, 0.2) is 42.2 Å². The van der Waals surface area contributed by atoms with Crippen molar-refractivity contribution in [1.82, 2.24) is 0 Å². The van der Waals surface area contributed by atoms with Crippen molar-refractivity contribution >= 4 is 5.78 Å². The highest BCUT2D eigenvalue weighted by Crippen LogP contribution is 2.33. The normalized spacial score (nSPS) is 22.1. The van der Waals surface area contributed by atoms with Crippen molar-refractivity contribution in [2.75, 3.05) is 6.61 Å². The summed E-state index contributed by atoms with van der Waals surface area (Å²) in [6.45, 7) is 1.37. The predicted octanol–water partition coefficient (Wildman–Crippen LogP) is 4.81. The third-order valence-electron chi connectivity index (χ3n) is 4.97. The highest BCUT2D eigenvalue weighted by atomic mass is 16.5. The van der Waals surface area contributed by atoms with Gasteiger partial charge in [0.1, 0.15) is 11.9 Å². The average Bonchev–Trinajstić information content (AvgIpc) is 2.63. The molecular weight excluding hydrogens is 300 g/mol. The Morgan fingerprint density at radius 3 is 2.67 bits per heavy atom. The molecule has 3 heteroatoms. The highest BCUT2D eigenvalue weighted by molar-refractivity contribution is 5.91. The second-order valence-electron chi connectivity index (χ2n) is 6.97. The van der Waals surface area contributed by atoms with Crippen LogP contribution in [0.2, 0.25) is 0 Å². The Kier molecular flexibility index (Phi) is 6.48. The lowest BCUT2D eigenvalue weighted by Crippen LogP contribution is -2.26. The number of allylic oxidation sites excluding steroid dienone is 2. The van der Waals surface area contributed by atoms with E-state index in [1.165, 1.54) is 37.7 Å². The Labute approximate surface area is 145 Å². The summed E-state index contributed by atoms with van der Waals surface area (Å²) in [6, 6.07) is 10.2. The molecule has 0 aromatic heterocycles. The quantitative estimate of drug-likeness (QED) is 0.674. The molecule has 0 unspecified atom stereocenters. The van der Waals surface area contributed by atoms with Gasteiger partial charge in [0.15, 0.2) is 5.78 Å². The van der Waals surface area contributed by atoms with Gasteiger partial charge >= 0.3 is 0 Å². The fourth-order valence-corrected chi connectivity index (χ4v) is 3.65. The molecule has 3 rings (SSSR count). The van der Waals surface area contributed by atoms with Gasteiger partial charge in [-0.3, -0.25) is 4.79 Å². The van der Waals surface area contributed by atoms with Crippen LogP contribution < -0.4 is 0 Å². The molecule has 0 radical (unpaired) electrons. The van der Waals surface area contributed by atoms with Gasteiger partial charge in [-0.15, -0.1) is 0 Å². The maximum atomic E-state index is 12.0. The lowest BCUT2D eigenvalue weighted by Gasteiger charge is -2.30. The van der Waals surface area contributed by atoms with Gasteiger partial charge in [0, 0.05) is 25.0 Å². The van der Waals surface area contributed by atoms with E-state index in [0.29, 0.717) is 25.6 Å². The van der Waals surface area contributed by atoms with Gasteiger partial charge in [-0.1, -0.05) is 49.6 Å². The Morgan fingerprint density at radius 2 is 1.88 bits per heavy atom. The molecule has 1 aliphatic heterocycles. The molecule has 1 aromatic rings. The first-order valence-electron chi connectivity index (χ1n) is 9.34. The summed E-state index contributed by atoms with van der Waals surface area (Å²) in [4.78, 5) is 12.0. The molecule has 0 saturated heterocycles. The fourth-order valence-electron chi connectivity index (χ4n) is 3.65. The molecule has 1 aromatic carbocycles. The summed E-state index contributed by atoms with van der Waals surface area (Å²) in [5, 5.41) is 0. The van der Waals surface area contributed by atoms with Crippen LogP contribution in [0.3, 0.4) is 0 Å². The van der Waals surface area contributed by atoms with Crippen LogP contribution in [0.1, 0.15) is 56.9 Å². The summed E-state index contributed by atoms with van der Waals surface area (Å²) >= 11 is 0. The zero-order valence-corrected chi connectivity index (χ0v) is 14.4. The monoisotopic (exact) mass is 328 g/mol. The number of hydrogen-bond donors (Lipinski definition) is 0. The lowest BCUT2D eigenvalue weighted by molar-refractivity contribution is -0.119. The number of ketones is 1. The largest absolute Gasteiger partial charge is 0.494 e. The Hall–Kier alpha value is -1.61. The van der Waals surface area contributed by atoms with Gasteiger partial charge in [0.05, 0.1) is 6.61 Å². The van der Waals surface area contributed by atoms with Crippen molar-refractivity contribution in [3.63, 3.8) is 0 Å². The third-order valence-corrected chi connectivity index (χ3v) is 4.97. The van der Waals surface area contributed by atoms with E-state index in [1.807, 2.05) is 18.2 Å². The smallest absolute Gasteiger partial charge is 0.162 e. The van der Waals surface area contributed by atoms with Crippen LogP contribution in [0.25, 0.3) is 0 Å². The molecule has 3 nitrogen and oxygen atoms in total. The highest BCUT2D eigenvalue weighted by Gasteiger charge is 2.27. The van der Waals surface area contributed by atoms with Gasteiger partial charge < -0.3 is 9.47 Å². The number of carbonyl (C=O) groups is 1. The molecule has 1 fully saturated rings. The Bertz CT molecular complexity index is 543. The van der Waals surface area contributed by atoms with Gasteiger partial charge in [-0.2, -0.15) is 0 Å². The average molecular weight is 328 g/mol. The van der Waals surface area contributed by atoms with Crippen molar-refractivity contribution < 1.29 is 14.3 Å². The number of ether oxygens (including phenoxy) is 2. The van der Waals surface area contributed by atoms with Gasteiger partial charge in [-0.05, 0) is 31.2 Å². The number of rotatable bonds is 7. The van der Waals surface area contributed by atoms with E-state index in [-0.39, 0.29) is 11.9 Å². The van der Waals surface area contributed by atoms with Crippen molar-refractivity contribution in [2.45, 2.75) is 64.1 Å². The lowest BCUT2D eigenvalue weighted by atomic mass is 9.86. The minimum absolute atomic E-state index is 0.0414. The molecule has 1 atom stereocenters. The SMILES string of the molecule is O=C1C=C(C2CCCCC2)O[C@H](CCCOCc2ccccc2)C1. The van der Waals surface area contributed by atoms with E-state index in [2.05, 4.69) is 12.1 Å². The van der Waals surface area contributed by atoms with Crippen LogP contribution in [0.5, 0.6) is 0 Å². The molecule has 2 aliphatic rings. The zero-order chi connectivity index (χ0) is 16.6. The van der Waals surface area contributed by atoms with Crippen molar-refractivity contribution in [3.05, 3.63) is 47.7 Å². The van der Waals surface area contributed by atoms with Crippen LogP contribution in [0.4, 0.5) is 0 Å². The van der Waals surface area contributed by atoms with Gasteiger partial charge in [-0.25, -0.2) is 0 Å². The van der Waals surface area contributed by atoms with Crippen molar-refractivity contribution in [3.8, 4) is 0 Å². The van der Waals surface area contributed by atoms with Gasteiger partial charge in [0.2, 0.25) is 0 Å². The second-order valence-corrected chi connectivity index (χ2v) is 6.97. The summed E-state index contributed by atoms with van der Waals surface area (Å²) in [5.74, 6) is 1.66. The van der Waals surface area contributed by atoms with Gasteiger partial charge in [0.25, 0.3) is 0 Å². The number of hydrogen-bond acceptors (Lipinski definition) is 3. The van der Waals surface area contributed by atoms with E-state index in [1.54, 1.807) is 6.08 Å². The first-order chi connectivity index (χ1) is 11.8. The molecule has 0 spiro atoms. The van der Waals surface area contributed by atoms with E-state index in [9.17, 15) is 4.79 Å². The maximum absolute atomic E-state index is 12.0. The van der Waals surface area contributed by atoms with Crippen LogP contribution in [-0.4, -0.2) is 18.5 Å². The summed E-state index contributed by atoms with van der Waals surface area (Å²) in [7, 11) is 0. The van der Waals surface area contributed by atoms with Crippen LogP contribution in [-0.2, 0) is 20.9 Å². The summed E-state index contributed by atoms with van der Waals surface area (Å²) < 4.78 is 11.9. The molecular formula is C21H28O3. The first kappa shape index (κ1) is 17.2. The van der Waals surface area contributed by atoms with Crippen molar-refractivity contribution in [2.24, 2.45) is 5.92 Å². The van der Waals surface area contributed by atoms with Crippen molar-refractivity contribution in [1.29, 1.82) is 0 Å². The predicted molar refractivity (Wildman–Crippen MR) is 94.5 cm³/mol. The Morgan fingerprint density at radius 1 is 1.08 bits per heavy atom. The summed E-state index contributed by atoms with van der Waals surface area (Å²) in [5.41, 5.74) is 1.20. The minimum atomic E-state index is 0.0414. The molecule has 0 N–H and O–H groups in total. The standard InChI is InChI=1S/C21H28O3/c22-19-14-20(24-21(15-19)18-10-5-2-6-11-18)12-7-13-23-16-17-8-3-1-4-9-17/h1,3-4,8-9,15,18,20H,2,5-7,10-14,16H2/t20-/m1/s1. The van der Waals surface area contributed by atoms with Crippen LogP contribution >= 0.6 is 0 Å². The summed E-state index contributed by atoms with van der Waals surface area (Å²) in [6.07, 6.45) is 10.3. The number of benzene rings is 1. The zero-order valence-electron chi connectivity index (χ0n) is 14.4. The Balaban J connectivity index is 1.38. The molecule has 24 heavy (non-hydrogen) atoms. The molecule has 1 heterocycles. The van der Waals surface area contributed by atoms with E-state index in [4.69, 9.17) is 9.47 Å². The molecule has 1 saturated carbocycles. The molecule has 1 aliphatic carbocycles. The topological polar surface area (TPSA) is 35.5 Å². The van der Waals surface area contributed by atoms with E-state index >= 15 is 0 Å². The second kappa shape index (κ2) is 9.03. The van der Waals surface area contributed by atoms with Crippen LogP contribution in [0, 0.1) is 5.92 Å². The molecule has 0 bridgehead atoms. The van der Waals surface area contributed by atoms with E-state index < -0.39 is 0 Å². The minimum Gasteiger partial charge on any atom is -0.494 e. The first-order valence-corrected chi connectivity index (χ1v) is 9.34. The maximum Gasteiger partial charge on any atom is 0.162 e. The number of carbonyl (C=O) groups excluding carboxylic acids is 1. The third kappa shape index (κ3) is 5.20. The van der Waals surface area contributed by atoms with E-state index in [0.717, 1.165) is 18.6 Å². The molecule has 130 valence electrons.